The maximum absolute atomic E-state index is 12.9. The average molecular weight is 302 g/mol. The molecule has 114 valence electrons. The Balaban J connectivity index is 1.86. The van der Waals surface area contributed by atoms with Crippen molar-refractivity contribution >= 4 is 11.6 Å². The zero-order valence-electron chi connectivity index (χ0n) is 12.4. The molecule has 1 N–H and O–H groups in total. The molecule has 0 bridgehead atoms. The van der Waals surface area contributed by atoms with Gasteiger partial charge in [0.2, 0.25) is 5.91 Å². The maximum atomic E-state index is 12.9. The number of anilines is 1. The summed E-state index contributed by atoms with van der Waals surface area (Å²) in [5.41, 5.74) is 4.27. The van der Waals surface area contributed by atoms with Gasteiger partial charge in [-0.1, -0.05) is 6.07 Å². The second-order valence-corrected chi connectivity index (χ2v) is 5.76. The van der Waals surface area contributed by atoms with Gasteiger partial charge in [-0.15, -0.1) is 0 Å². The molecule has 1 aromatic heterocycles. The zero-order valence-corrected chi connectivity index (χ0v) is 12.4. The molecular formula is C17H16F2N2O. The van der Waals surface area contributed by atoms with Crippen LogP contribution in [-0.4, -0.2) is 16.8 Å². The average Bonchev–Trinajstić information content (AvgIpc) is 3.10. The molecule has 0 saturated heterocycles. The van der Waals surface area contributed by atoms with Gasteiger partial charge in [-0.05, 0) is 49.2 Å². The van der Waals surface area contributed by atoms with Crippen LogP contribution in [0.4, 0.5) is 14.5 Å². The van der Waals surface area contributed by atoms with E-state index in [1.165, 1.54) is 0 Å². The monoisotopic (exact) mass is 302 g/mol. The Morgan fingerprint density at radius 1 is 1.27 bits per heavy atom. The highest BCUT2D eigenvalue weighted by molar-refractivity contribution is 5.95. The summed E-state index contributed by atoms with van der Waals surface area (Å²) < 4.78 is 25.9. The molecule has 1 fully saturated rings. The van der Waals surface area contributed by atoms with Crippen molar-refractivity contribution in [1.82, 2.24) is 4.98 Å². The Labute approximate surface area is 127 Å². The highest BCUT2D eigenvalue weighted by Crippen LogP contribution is 2.49. The van der Waals surface area contributed by atoms with Gasteiger partial charge in [-0.25, -0.2) is 8.78 Å². The molecule has 22 heavy (non-hydrogen) atoms. The molecule has 3 rings (SSSR count). The third-order valence-electron chi connectivity index (χ3n) is 3.84. The van der Waals surface area contributed by atoms with Gasteiger partial charge >= 0.3 is 0 Å². The lowest BCUT2D eigenvalue weighted by atomic mass is 10.0. The molecule has 3 nitrogen and oxygen atoms in total. The standard InChI is InChI=1S/C17H16F2N2O/c1-10-5-6-20-15(7-10)13-8-12(4-3-11(13)2)21-16(22)14-9-17(14,18)19/h3-8,14H,9H2,1-2H3,(H,21,22)/t14-/m0/s1. The molecule has 1 heterocycles. The molecule has 1 atom stereocenters. The van der Waals surface area contributed by atoms with Gasteiger partial charge in [0.25, 0.3) is 5.92 Å². The van der Waals surface area contributed by atoms with E-state index in [1.54, 1.807) is 18.3 Å². The van der Waals surface area contributed by atoms with Crippen LogP contribution < -0.4 is 5.32 Å². The van der Waals surface area contributed by atoms with Crippen LogP contribution in [0.25, 0.3) is 11.3 Å². The third kappa shape index (κ3) is 2.84. The van der Waals surface area contributed by atoms with E-state index < -0.39 is 17.7 Å². The second kappa shape index (κ2) is 5.16. The lowest BCUT2D eigenvalue weighted by molar-refractivity contribution is -0.119. The smallest absolute Gasteiger partial charge is 0.260 e. The van der Waals surface area contributed by atoms with E-state index in [4.69, 9.17) is 0 Å². The summed E-state index contributed by atoms with van der Waals surface area (Å²) in [6, 6.07) is 9.19. The molecule has 1 aromatic carbocycles. The predicted molar refractivity (Wildman–Crippen MR) is 80.8 cm³/mol. The first-order valence-corrected chi connectivity index (χ1v) is 7.09. The van der Waals surface area contributed by atoms with E-state index in [0.29, 0.717) is 5.69 Å². The van der Waals surface area contributed by atoms with Crippen LogP contribution in [-0.2, 0) is 4.79 Å². The summed E-state index contributed by atoms with van der Waals surface area (Å²) in [6.45, 7) is 3.92. The van der Waals surface area contributed by atoms with Crippen LogP contribution in [0.1, 0.15) is 17.5 Å². The SMILES string of the molecule is Cc1ccnc(-c2cc(NC(=O)[C@@H]3CC3(F)F)ccc2C)c1. The van der Waals surface area contributed by atoms with Crippen molar-refractivity contribution in [3.05, 3.63) is 47.7 Å². The van der Waals surface area contributed by atoms with Gasteiger partial charge in [-0.2, -0.15) is 0 Å². The molecule has 1 saturated carbocycles. The number of pyridine rings is 1. The number of rotatable bonds is 3. The summed E-state index contributed by atoms with van der Waals surface area (Å²) in [7, 11) is 0. The topological polar surface area (TPSA) is 42.0 Å². The van der Waals surface area contributed by atoms with Crippen molar-refractivity contribution in [3.63, 3.8) is 0 Å². The molecule has 0 radical (unpaired) electrons. The highest BCUT2D eigenvalue weighted by Gasteiger charge is 2.61. The number of aryl methyl sites for hydroxylation is 2. The van der Waals surface area contributed by atoms with Crippen molar-refractivity contribution in [1.29, 1.82) is 0 Å². The molecule has 0 spiro atoms. The van der Waals surface area contributed by atoms with E-state index in [0.717, 1.165) is 22.4 Å². The normalized spacial score (nSPS) is 18.8. The van der Waals surface area contributed by atoms with E-state index >= 15 is 0 Å². The first kappa shape index (κ1) is 14.6. The minimum Gasteiger partial charge on any atom is -0.326 e. The third-order valence-corrected chi connectivity index (χ3v) is 3.84. The molecule has 1 amide bonds. The summed E-state index contributed by atoms with van der Waals surface area (Å²) in [5.74, 6) is -4.68. The van der Waals surface area contributed by atoms with Gasteiger partial charge in [0.1, 0.15) is 5.92 Å². The minimum atomic E-state index is -2.85. The Hall–Kier alpha value is -2.30. The second-order valence-electron chi connectivity index (χ2n) is 5.76. The number of carbonyl (C=O) groups excluding carboxylic acids is 1. The summed E-state index contributed by atoms with van der Waals surface area (Å²) >= 11 is 0. The summed E-state index contributed by atoms with van der Waals surface area (Å²) in [5, 5.41) is 2.56. The predicted octanol–water partition coefficient (Wildman–Crippen LogP) is 3.96. The van der Waals surface area contributed by atoms with Crippen molar-refractivity contribution < 1.29 is 13.6 Å². The van der Waals surface area contributed by atoms with Crippen LogP contribution in [0.3, 0.4) is 0 Å². The molecular weight excluding hydrogens is 286 g/mol. The van der Waals surface area contributed by atoms with E-state index in [2.05, 4.69) is 10.3 Å². The van der Waals surface area contributed by atoms with E-state index in [1.807, 2.05) is 32.0 Å². The van der Waals surface area contributed by atoms with Crippen molar-refractivity contribution in [3.8, 4) is 11.3 Å². The number of nitrogens with zero attached hydrogens (tertiary/aromatic N) is 1. The number of hydrogen-bond acceptors (Lipinski definition) is 2. The summed E-state index contributed by atoms with van der Waals surface area (Å²) in [4.78, 5) is 16.1. The van der Waals surface area contributed by atoms with Crippen LogP contribution in [0, 0.1) is 19.8 Å². The Kier molecular flexibility index (Phi) is 3.43. The van der Waals surface area contributed by atoms with Gasteiger partial charge in [0.05, 0.1) is 5.69 Å². The molecule has 2 aromatic rings. The van der Waals surface area contributed by atoms with Crippen molar-refractivity contribution in [2.24, 2.45) is 5.92 Å². The van der Waals surface area contributed by atoms with Gasteiger partial charge in [0, 0.05) is 23.9 Å². The van der Waals surface area contributed by atoms with Crippen LogP contribution in [0.2, 0.25) is 0 Å². The van der Waals surface area contributed by atoms with Gasteiger partial charge in [-0.3, -0.25) is 9.78 Å². The molecule has 1 aliphatic carbocycles. The Morgan fingerprint density at radius 3 is 2.64 bits per heavy atom. The number of hydrogen-bond donors (Lipinski definition) is 1. The fourth-order valence-corrected chi connectivity index (χ4v) is 2.39. The number of alkyl halides is 2. The number of halogens is 2. The van der Waals surface area contributed by atoms with Crippen LogP contribution in [0.15, 0.2) is 36.5 Å². The quantitative estimate of drug-likeness (QED) is 0.932. The first-order valence-electron chi connectivity index (χ1n) is 7.09. The van der Waals surface area contributed by atoms with Crippen molar-refractivity contribution in [2.45, 2.75) is 26.2 Å². The van der Waals surface area contributed by atoms with E-state index in [9.17, 15) is 13.6 Å². The van der Waals surface area contributed by atoms with Gasteiger partial charge < -0.3 is 5.32 Å². The fourth-order valence-electron chi connectivity index (χ4n) is 2.39. The number of aromatic nitrogens is 1. The van der Waals surface area contributed by atoms with Crippen LogP contribution >= 0.6 is 0 Å². The molecule has 0 unspecified atom stereocenters. The van der Waals surface area contributed by atoms with Crippen LogP contribution in [0.5, 0.6) is 0 Å². The Morgan fingerprint density at radius 2 is 2.00 bits per heavy atom. The lowest BCUT2D eigenvalue weighted by Crippen LogP contribution is -2.17. The molecule has 5 heteroatoms. The Bertz CT molecular complexity index is 743. The minimum absolute atomic E-state index is 0.364. The largest absolute Gasteiger partial charge is 0.326 e. The fraction of sp³-hybridized carbons (Fsp3) is 0.294. The maximum Gasteiger partial charge on any atom is 0.260 e. The van der Waals surface area contributed by atoms with Crippen molar-refractivity contribution in [2.75, 3.05) is 5.32 Å². The first-order chi connectivity index (χ1) is 10.4. The number of nitrogens with one attached hydrogen (secondary N) is 1. The highest BCUT2D eigenvalue weighted by atomic mass is 19.3. The lowest BCUT2D eigenvalue weighted by Gasteiger charge is -2.10. The molecule has 0 aliphatic heterocycles. The number of carbonyl (C=O) groups is 1. The summed E-state index contributed by atoms with van der Waals surface area (Å²) in [6.07, 6.45) is 1.36. The zero-order chi connectivity index (χ0) is 15.9. The van der Waals surface area contributed by atoms with E-state index in [-0.39, 0.29) is 6.42 Å². The number of amides is 1. The number of benzene rings is 1. The molecule has 1 aliphatic rings. The van der Waals surface area contributed by atoms with Gasteiger partial charge in [0.15, 0.2) is 0 Å².